The quantitative estimate of drug-likeness (QED) is 0.850. The molecule has 0 saturated heterocycles. The fraction of sp³-hybridized carbons (Fsp3) is 0.250. The SMILES string of the molecule is NS(=O)(=O)C(c1cc(F)cc(Cl)c1)C(F)(F)F. The molecule has 0 radical (unpaired) electrons. The minimum absolute atomic E-state index is 0.349. The molecule has 1 rings (SSSR count). The molecule has 0 fully saturated rings. The highest BCUT2D eigenvalue weighted by molar-refractivity contribution is 7.89. The molecule has 17 heavy (non-hydrogen) atoms. The van der Waals surface area contributed by atoms with E-state index in [2.05, 4.69) is 5.14 Å². The van der Waals surface area contributed by atoms with Crippen LogP contribution in [0.1, 0.15) is 10.8 Å². The first-order valence-electron chi connectivity index (χ1n) is 4.06. The average Bonchev–Trinajstić information content (AvgIpc) is 1.93. The van der Waals surface area contributed by atoms with Crippen LogP contribution in [0.25, 0.3) is 0 Å². The van der Waals surface area contributed by atoms with E-state index >= 15 is 0 Å². The van der Waals surface area contributed by atoms with Gasteiger partial charge in [0, 0.05) is 5.02 Å². The van der Waals surface area contributed by atoms with Crippen LogP contribution in [0.15, 0.2) is 18.2 Å². The van der Waals surface area contributed by atoms with Gasteiger partial charge in [-0.25, -0.2) is 17.9 Å². The Morgan fingerprint density at radius 3 is 2.12 bits per heavy atom. The van der Waals surface area contributed by atoms with Crippen molar-refractivity contribution in [3.8, 4) is 0 Å². The van der Waals surface area contributed by atoms with E-state index in [0.717, 1.165) is 6.07 Å². The largest absolute Gasteiger partial charge is 0.410 e. The van der Waals surface area contributed by atoms with Crippen molar-refractivity contribution in [2.45, 2.75) is 11.4 Å². The van der Waals surface area contributed by atoms with Gasteiger partial charge in [-0.2, -0.15) is 13.2 Å². The van der Waals surface area contributed by atoms with Crippen LogP contribution in [0.3, 0.4) is 0 Å². The molecule has 9 heteroatoms. The summed E-state index contributed by atoms with van der Waals surface area (Å²) < 4.78 is 72.3. The van der Waals surface area contributed by atoms with E-state index in [0.29, 0.717) is 12.1 Å². The van der Waals surface area contributed by atoms with E-state index in [9.17, 15) is 26.0 Å². The van der Waals surface area contributed by atoms with Gasteiger partial charge < -0.3 is 0 Å². The molecule has 1 aromatic rings. The zero-order chi connectivity index (χ0) is 13.4. The molecular formula is C8H6ClF4NO2S. The Hall–Kier alpha value is -0.860. The van der Waals surface area contributed by atoms with Crippen LogP contribution in [0.4, 0.5) is 17.6 Å². The summed E-state index contributed by atoms with van der Waals surface area (Å²) in [5.41, 5.74) is -0.856. The van der Waals surface area contributed by atoms with E-state index in [1.807, 2.05) is 0 Å². The Balaban J connectivity index is 3.44. The minimum atomic E-state index is -5.15. The fourth-order valence-electron chi connectivity index (χ4n) is 1.29. The average molecular weight is 292 g/mol. The van der Waals surface area contributed by atoms with Gasteiger partial charge in [-0.05, 0) is 23.8 Å². The molecule has 2 N–H and O–H groups in total. The highest BCUT2D eigenvalue weighted by atomic mass is 35.5. The Bertz CT molecular complexity index is 509. The normalized spacial score (nSPS) is 14.7. The Kier molecular flexibility index (Phi) is 3.70. The van der Waals surface area contributed by atoms with Gasteiger partial charge in [0.25, 0.3) is 0 Å². The van der Waals surface area contributed by atoms with Crippen LogP contribution in [0, 0.1) is 5.82 Å². The third-order valence-electron chi connectivity index (χ3n) is 1.81. The maximum absolute atomic E-state index is 12.9. The Morgan fingerprint density at radius 2 is 1.76 bits per heavy atom. The van der Waals surface area contributed by atoms with Gasteiger partial charge in [-0.15, -0.1) is 0 Å². The second-order valence-corrected chi connectivity index (χ2v) is 5.30. The first kappa shape index (κ1) is 14.2. The van der Waals surface area contributed by atoms with Crippen molar-refractivity contribution in [1.29, 1.82) is 0 Å². The molecular weight excluding hydrogens is 286 g/mol. The summed E-state index contributed by atoms with van der Waals surface area (Å²) in [4.78, 5) is 0. The number of sulfonamides is 1. The lowest BCUT2D eigenvalue weighted by Gasteiger charge is -2.18. The van der Waals surface area contributed by atoms with Crippen molar-refractivity contribution in [3.63, 3.8) is 0 Å². The number of rotatable bonds is 2. The highest BCUT2D eigenvalue weighted by Crippen LogP contribution is 2.38. The van der Waals surface area contributed by atoms with Crippen LogP contribution in [0.5, 0.6) is 0 Å². The second kappa shape index (κ2) is 4.43. The van der Waals surface area contributed by atoms with Crippen LogP contribution in [-0.2, 0) is 10.0 Å². The van der Waals surface area contributed by atoms with Crippen molar-refractivity contribution in [1.82, 2.24) is 0 Å². The van der Waals surface area contributed by atoms with Crippen molar-refractivity contribution < 1.29 is 26.0 Å². The number of hydrogen-bond donors (Lipinski definition) is 1. The zero-order valence-corrected chi connectivity index (χ0v) is 9.57. The molecule has 1 unspecified atom stereocenters. The maximum atomic E-state index is 12.9. The van der Waals surface area contributed by atoms with Gasteiger partial charge in [0.15, 0.2) is 5.25 Å². The van der Waals surface area contributed by atoms with Gasteiger partial charge in [0.2, 0.25) is 10.0 Å². The predicted molar refractivity (Wildman–Crippen MR) is 53.3 cm³/mol. The summed E-state index contributed by atoms with van der Waals surface area (Å²) in [6, 6.07) is 1.88. The van der Waals surface area contributed by atoms with Gasteiger partial charge >= 0.3 is 6.18 Å². The van der Waals surface area contributed by atoms with Gasteiger partial charge in [-0.1, -0.05) is 11.6 Å². The van der Waals surface area contributed by atoms with E-state index in [-0.39, 0.29) is 5.02 Å². The summed E-state index contributed by atoms with van der Waals surface area (Å²) in [5, 5.41) is 1.14. The number of halogens is 5. The van der Waals surface area contributed by atoms with E-state index in [4.69, 9.17) is 11.6 Å². The third kappa shape index (κ3) is 3.55. The van der Waals surface area contributed by atoms with E-state index < -0.39 is 32.8 Å². The van der Waals surface area contributed by atoms with Gasteiger partial charge in [0.1, 0.15) is 5.82 Å². The lowest BCUT2D eigenvalue weighted by atomic mass is 10.1. The molecule has 1 atom stereocenters. The van der Waals surface area contributed by atoms with Crippen molar-refractivity contribution in [2.24, 2.45) is 5.14 Å². The molecule has 0 aliphatic rings. The Morgan fingerprint density at radius 1 is 1.24 bits per heavy atom. The lowest BCUT2D eigenvalue weighted by molar-refractivity contribution is -0.131. The van der Waals surface area contributed by atoms with E-state index in [1.54, 1.807) is 0 Å². The van der Waals surface area contributed by atoms with E-state index in [1.165, 1.54) is 0 Å². The van der Waals surface area contributed by atoms with Crippen LogP contribution < -0.4 is 5.14 Å². The standard InChI is InChI=1S/C8H6ClF4NO2S/c9-5-1-4(2-6(10)3-5)7(8(11,12)13)17(14,15)16/h1-3,7H,(H2,14,15,16). The Labute approximate surface area is 99.2 Å². The lowest BCUT2D eigenvalue weighted by Crippen LogP contribution is -2.33. The number of nitrogens with two attached hydrogens (primary N) is 1. The smallest absolute Gasteiger partial charge is 0.228 e. The molecule has 0 aliphatic heterocycles. The molecule has 0 saturated carbocycles. The second-order valence-electron chi connectivity index (χ2n) is 3.21. The van der Waals surface area contributed by atoms with Gasteiger partial charge in [-0.3, -0.25) is 0 Å². The molecule has 1 aromatic carbocycles. The predicted octanol–water partition coefficient (Wildman–Crippen LogP) is 2.37. The molecule has 0 bridgehead atoms. The zero-order valence-electron chi connectivity index (χ0n) is 8.00. The minimum Gasteiger partial charge on any atom is -0.228 e. The molecule has 0 heterocycles. The third-order valence-corrected chi connectivity index (χ3v) is 3.23. The summed E-state index contributed by atoms with van der Waals surface area (Å²) in [7, 11) is -4.96. The molecule has 0 spiro atoms. The molecule has 0 aromatic heterocycles. The highest BCUT2D eigenvalue weighted by Gasteiger charge is 2.48. The molecule has 0 amide bonds. The number of hydrogen-bond acceptors (Lipinski definition) is 2. The van der Waals surface area contributed by atoms with Crippen molar-refractivity contribution in [3.05, 3.63) is 34.6 Å². The van der Waals surface area contributed by atoms with Crippen molar-refractivity contribution in [2.75, 3.05) is 0 Å². The first-order chi connectivity index (χ1) is 7.51. The van der Waals surface area contributed by atoms with Crippen LogP contribution >= 0.6 is 11.6 Å². The molecule has 96 valence electrons. The summed E-state index contributed by atoms with van der Waals surface area (Å²) >= 11 is 5.35. The number of primary sulfonamides is 1. The van der Waals surface area contributed by atoms with Crippen LogP contribution in [0.2, 0.25) is 5.02 Å². The van der Waals surface area contributed by atoms with Crippen LogP contribution in [-0.4, -0.2) is 14.6 Å². The van der Waals surface area contributed by atoms with Gasteiger partial charge in [0.05, 0.1) is 0 Å². The monoisotopic (exact) mass is 291 g/mol. The number of alkyl halides is 3. The first-order valence-corrected chi connectivity index (χ1v) is 6.05. The maximum Gasteiger partial charge on any atom is 0.410 e. The number of benzene rings is 1. The molecule has 3 nitrogen and oxygen atoms in total. The topological polar surface area (TPSA) is 60.2 Å². The molecule has 0 aliphatic carbocycles. The summed E-state index contributed by atoms with van der Waals surface area (Å²) in [6.45, 7) is 0. The fourth-order valence-corrected chi connectivity index (χ4v) is 2.41. The van der Waals surface area contributed by atoms with Crippen molar-refractivity contribution >= 4 is 21.6 Å². The summed E-state index contributed by atoms with van der Waals surface area (Å²) in [6.07, 6.45) is -5.15. The summed E-state index contributed by atoms with van der Waals surface area (Å²) in [5.74, 6) is -1.08.